The zero-order chi connectivity index (χ0) is 14.4. The summed E-state index contributed by atoms with van der Waals surface area (Å²) in [4.78, 5) is 14.4. The molecule has 1 saturated heterocycles. The summed E-state index contributed by atoms with van der Waals surface area (Å²) in [6.07, 6.45) is 6.31. The Bertz CT molecular complexity index is 445. The number of carbonyl (C=O) groups is 1. The minimum absolute atomic E-state index is 0.204. The van der Waals surface area contributed by atoms with Gasteiger partial charge in [0.1, 0.15) is 0 Å². The molecule has 4 heteroatoms. The normalized spacial score (nSPS) is 19.8. The fourth-order valence-corrected chi connectivity index (χ4v) is 3.10. The third kappa shape index (κ3) is 3.58. The van der Waals surface area contributed by atoms with Crippen LogP contribution < -0.4 is 11.3 Å². The van der Waals surface area contributed by atoms with Crippen molar-refractivity contribution in [3.05, 3.63) is 35.4 Å². The van der Waals surface area contributed by atoms with E-state index in [9.17, 15) is 4.79 Å². The summed E-state index contributed by atoms with van der Waals surface area (Å²) >= 11 is 0. The van der Waals surface area contributed by atoms with Gasteiger partial charge in [-0.2, -0.15) is 0 Å². The van der Waals surface area contributed by atoms with Gasteiger partial charge in [0.2, 0.25) is 0 Å². The second kappa shape index (κ2) is 7.41. The molecular weight excluding hydrogens is 250 g/mol. The molecule has 0 bridgehead atoms. The maximum absolute atomic E-state index is 11.8. The molecule has 1 heterocycles. The van der Waals surface area contributed by atoms with E-state index >= 15 is 0 Å². The van der Waals surface area contributed by atoms with E-state index < -0.39 is 0 Å². The Balaban J connectivity index is 2.13. The van der Waals surface area contributed by atoms with Gasteiger partial charge in [0, 0.05) is 18.2 Å². The molecule has 1 fully saturated rings. The van der Waals surface area contributed by atoms with Crippen LogP contribution in [0.2, 0.25) is 0 Å². The molecule has 0 radical (unpaired) electrons. The van der Waals surface area contributed by atoms with Crippen molar-refractivity contribution >= 4 is 5.91 Å². The first-order valence-electron chi connectivity index (χ1n) is 7.59. The lowest BCUT2D eigenvalue weighted by molar-refractivity contribution is 0.0947. The largest absolute Gasteiger partial charge is 0.296 e. The van der Waals surface area contributed by atoms with Crippen LogP contribution in [0, 0.1) is 0 Å². The van der Waals surface area contributed by atoms with Crippen LogP contribution in [0.25, 0.3) is 0 Å². The van der Waals surface area contributed by atoms with Crippen molar-refractivity contribution in [1.82, 2.24) is 10.3 Å². The van der Waals surface area contributed by atoms with Crippen molar-refractivity contribution in [2.24, 2.45) is 5.84 Å². The van der Waals surface area contributed by atoms with Crippen LogP contribution in [0.4, 0.5) is 0 Å². The molecule has 2 rings (SSSR count). The summed E-state index contributed by atoms with van der Waals surface area (Å²) in [6, 6.07) is 8.40. The number of nitrogen functional groups attached to an aromatic ring is 1. The minimum Gasteiger partial charge on any atom is -0.296 e. The Morgan fingerprint density at radius 1 is 1.40 bits per heavy atom. The Hall–Kier alpha value is -1.39. The van der Waals surface area contributed by atoms with E-state index in [1.54, 1.807) is 0 Å². The van der Waals surface area contributed by atoms with Gasteiger partial charge in [-0.15, -0.1) is 0 Å². The summed E-state index contributed by atoms with van der Waals surface area (Å²) in [5, 5.41) is 0. The van der Waals surface area contributed by atoms with Crippen molar-refractivity contribution in [3.63, 3.8) is 0 Å². The number of rotatable bonds is 5. The Kier molecular flexibility index (Phi) is 5.56. The summed E-state index contributed by atoms with van der Waals surface area (Å²) in [5.74, 6) is 5.06. The highest BCUT2D eigenvalue weighted by atomic mass is 16.2. The number of carbonyl (C=O) groups excluding carboxylic acids is 1. The van der Waals surface area contributed by atoms with E-state index in [2.05, 4.69) is 17.2 Å². The van der Waals surface area contributed by atoms with Crippen molar-refractivity contribution in [2.75, 3.05) is 6.54 Å². The van der Waals surface area contributed by atoms with Crippen LogP contribution in [-0.2, 0) is 6.54 Å². The Morgan fingerprint density at radius 2 is 2.20 bits per heavy atom. The van der Waals surface area contributed by atoms with Crippen molar-refractivity contribution in [1.29, 1.82) is 0 Å². The van der Waals surface area contributed by atoms with Crippen LogP contribution in [-0.4, -0.2) is 23.4 Å². The number of nitrogens with two attached hydrogens (primary N) is 1. The first-order valence-corrected chi connectivity index (χ1v) is 7.59. The molecule has 1 aromatic carbocycles. The SMILES string of the molecule is CCCC1CCCCN1Cc1ccccc1C(=O)NN. The molecule has 1 unspecified atom stereocenters. The third-order valence-corrected chi connectivity index (χ3v) is 4.14. The lowest BCUT2D eigenvalue weighted by atomic mass is 9.96. The smallest absolute Gasteiger partial charge is 0.265 e. The lowest BCUT2D eigenvalue weighted by Gasteiger charge is -2.36. The minimum atomic E-state index is -0.204. The average molecular weight is 275 g/mol. The van der Waals surface area contributed by atoms with Crippen LogP contribution >= 0.6 is 0 Å². The third-order valence-electron chi connectivity index (χ3n) is 4.14. The van der Waals surface area contributed by atoms with E-state index in [1.807, 2.05) is 24.3 Å². The molecule has 0 saturated carbocycles. The first-order chi connectivity index (χ1) is 9.76. The van der Waals surface area contributed by atoms with Gasteiger partial charge in [0.15, 0.2) is 0 Å². The number of likely N-dealkylation sites (tertiary alicyclic amines) is 1. The fourth-order valence-electron chi connectivity index (χ4n) is 3.10. The van der Waals surface area contributed by atoms with Gasteiger partial charge in [0.25, 0.3) is 5.91 Å². The molecule has 3 N–H and O–H groups in total. The van der Waals surface area contributed by atoms with Crippen molar-refractivity contribution < 1.29 is 4.79 Å². The summed E-state index contributed by atoms with van der Waals surface area (Å²) in [6.45, 7) is 4.21. The van der Waals surface area contributed by atoms with E-state index in [0.717, 1.165) is 18.7 Å². The van der Waals surface area contributed by atoms with Gasteiger partial charge in [-0.3, -0.25) is 15.1 Å². The van der Waals surface area contributed by atoms with E-state index in [1.165, 1.54) is 32.1 Å². The number of piperidine rings is 1. The molecular formula is C16H25N3O. The van der Waals surface area contributed by atoms with Crippen molar-refractivity contribution in [3.8, 4) is 0 Å². The van der Waals surface area contributed by atoms with E-state index in [4.69, 9.17) is 5.84 Å². The quantitative estimate of drug-likeness (QED) is 0.493. The maximum Gasteiger partial charge on any atom is 0.265 e. The first kappa shape index (κ1) is 15.0. The highest BCUT2D eigenvalue weighted by molar-refractivity contribution is 5.95. The number of hydrogen-bond donors (Lipinski definition) is 2. The summed E-state index contributed by atoms with van der Waals surface area (Å²) in [5.41, 5.74) is 4.00. The van der Waals surface area contributed by atoms with Gasteiger partial charge in [0.05, 0.1) is 0 Å². The van der Waals surface area contributed by atoms with Crippen LogP contribution in [0.3, 0.4) is 0 Å². The molecule has 0 aromatic heterocycles. The molecule has 1 atom stereocenters. The van der Waals surface area contributed by atoms with Crippen LogP contribution in [0.5, 0.6) is 0 Å². The standard InChI is InChI=1S/C16H25N3O/c1-2-7-14-9-5-6-11-19(14)12-13-8-3-4-10-15(13)16(20)18-17/h3-4,8,10,14H,2,5-7,9,11-12,17H2,1H3,(H,18,20). The molecule has 110 valence electrons. The van der Waals surface area contributed by atoms with Gasteiger partial charge < -0.3 is 0 Å². The number of nitrogens with zero attached hydrogens (tertiary/aromatic N) is 1. The molecule has 20 heavy (non-hydrogen) atoms. The number of hydrogen-bond acceptors (Lipinski definition) is 3. The molecule has 1 aliphatic rings. The second-order valence-electron chi connectivity index (χ2n) is 5.54. The second-order valence-corrected chi connectivity index (χ2v) is 5.54. The summed E-state index contributed by atoms with van der Waals surface area (Å²) < 4.78 is 0. The molecule has 0 aliphatic carbocycles. The Morgan fingerprint density at radius 3 is 2.95 bits per heavy atom. The predicted octanol–water partition coefficient (Wildman–Crippen LogP) is 2.44. The number of amides is 1. The highest BCUT2D eigenvalue weighted by Crippen LogP contribution is 2.24. The molecule has 4 nitrogen and oxygen atoms in total. The lowest BCUT2D eigenvalue weighted by Crippen LogP contribution is -2.39. The Labute approximate surface area is 121 Å². The summed E-state index contributed by atoms with van der Waals surface area (Å²) in [7, 11) is 0. The van der Waals surface area contributed by atoms with Gasteiger partial charge >= 0.3 is 0 Å². The molecule has 1 aliphatic heterocycles. The topological polar surface area (TPSA) is 58.4 Å². The molecule has 0 spiro atoms. The molecule has 1 amide bonds. The van der Waals surface area contributed by atoms with Crippen LogP contribution in [0.1, 0.15) is 54.9 Å². The number of benzene rings is 1. The monoisotopic (exact) mass is 275 g/mol. The predicted molar refractivity (Wildman–Crippen MR) is 81.1 cm³/mol. The zero-order valence-corrected chi connectivity index (χ0v) is 12.3. The number of hydrazine groups is 1. The van der Waals surface area contributed by atoms with Gasteiger partial charge in [-0.05, 0) is 37.4 Å². The number of nitrogens with one attached hydrogen (secondary N) is 1. The van der Waals surface area contributed by atoms with E-state index in [-0.39, 0.29) is 5.91 Å². The van der Waals surface area contributed by atoms with Gasteiger partial charge in [-0.1, -0.05) is 38.0 Å². The zero-order valence-electron chi connectivity index (χ0n) is 12.3. The van der Waals surface area contributed by atoms with Crippen LogP contribution in [0.15, 0.2) is 24.3 Å². The molecule has 1 aromatic rings. The van der Waals surface area contributed by atoms with Crippen molar-refractivity contribution in [2.45, 2.75) is 51.6 Å². The average Bonchev–Trinajstić information content (AvgIpc) is 2.49. The van der Waals surface area contributed by atoms with Gasteiger partial charge in [-0.25, -0.2) is 5.84 Å². The fraction of sp³-hybridized carbons (Fsp3) is 0.562. The highest BCUT2D eigenvalue weighted by Gasteiger charge is 2.23. The van der Waals surface area contributed by atoms with E-state index in [0.29, 0.717) is 11.6 Å². The maximum atomic E-state index is 11.8.